The molecular weight excluding hydrogens is 494 g/mol. The number of nitrogens with zero attached hydrogens (tertiary/aromatic N) is 6. The molecule has 0 unspecified atom stereocenters. The van der Waals surface area contributed by atoms with Crippen LogP contribution in [0.1, 0.15) is 38.3 Å². The first kappa shape index (κ1) is 24.4. The van der Waals surface area contributed by atoms with E-state index in [0.717, 1.165) is 25.2 Å². The number of hydrogen-bond acceptors (Lipinski definition) is 9. The molecule has 11 heteroatoms. The quantitative estimate of drug-likeness (QED) is 0.323. The zero-order chi connectivity index (χ0) is 26.6. The molecule has 2 atom stereocenters. The summed E-state index contributed by atoms with van der Waals surface area (Å²) in [7, 11) is 0. The number of para-hydroxylation sites is 1. The van der Waals surface area contributed by atoms with Gasteiger partial charge in [-0.05, 0) is 44.5 Å². The third-order valence-electron chi connectivity index (χ3n) is 7.45. The lowest BCUT2D eigenvalue weighted by Gasteiger charge is -2.39. The van der Waals surface area contributed by atoms with Gasteiger partial charge in [-0.25, -0.2) is 0 Å². The van der Waals surface area contributed by atoms with E-state index < -0.39 is 23.2 Å². The van der Waals surface area contributed by atoms with Crippen molar-refractivity contribution in [1.82, 2.24) is 20.1 Å². The van der Waals surface area contributed by atoms with Crippen LogP contribution in [0.25, 0.3) is 11.5 Å². The van der Waals surface area contributed by atoms with E-state index in [1.807, 2.05) is 35.2 Å². The maximum absolute atomic E-state index is 13.0. The van der Waals surface area contributed by atoms with E-state index in [4.69, 9.17) is 4.42 Å². The number of halogens is 2. The number of aromatic nitrogens is 3. The number of fused-ring (bicyclic) bond motifs is 2. The van der Waals surface area contributed by atoms with Gasteiger partial charge >= 0.3 is 6.43 Å². The van der Waals surface area contributed by atoms with Crippen LogP contribution < -0.4 is 20.7 Å². The van der Waals surface area contributed by atoms with Crippen LogP contribution in [0.15, 0.2) is 62.7 Å². The molecule has 0 radical (unpaired) electrons. The van der Waals surface area contributed by atoms with Gasteiger partial charge in [0.05, 0.1) is 17.8 Å². The number of alkyl halides is 2. The zero-order valence-corrected chi connectivity index (χ0v) is 20.9. The molecule has 4 aromatic rings. The predicted molar refractivity (Wildman–Crippen MR) is 138 cm³/mol. The summed E-state index contributed by atoms with van der Waals surface area (Å²) in [5.41, 5.74) is 1.69. The molecular formula is C27H26F2N6O3. The highest BCUT2D eigenvalue weighted by Gasteiger charge is 2.47. The highest BCUT2D eigenvalue weighted by Crippen LogP contribution is 2.40. The van der Waals surface area contributed by atoms with Gasteiger partial charge in [0.1, 0.15) is 11.4 Å². The summed E-state index contributed by atoms with van der Waals surface area (Å²) in [6, 6.07) is 13.8. The minimum absolute atomic E-state index is 0.0523. The number of likely N-dealkylation sites (tertiary alicyclic amines) is 1. The number of benzene rings is 1. The SMILES string of the molecule is CC(C)N1C[C@@H]2C[C@H]1CN2c1c(N(Cc2ccc(-c3nnc(C(F)F)o3)cn2)c2ccccc2)c(=O)c1=O. The Balaban J connectivity index is 1.30. The minimum atomic E-state index is -2.85. The topological polar surface area (TPSA) is 95.7 Å². The van der Waals surface area contributed by atoms with Crippen molar-refractivity contribution in [3.8, 4) is 11.5 Å². The minimum Gasteiger partial charge on any atom is -0.415 e. The Hall–Kier alpha value is -3.99. The van der Waals surface area contributed by atoms with Gasteiger partial charge in [0.15, 0.2) is 0 Å². The second kappa shape index (κ2) is 9.39. The molecule has 0 saturated carbocycles. The lowest BCUT2D eigenvalue weighted by molar-refractivity contribution is 0.116. The van der Waals surface area contributed by atoms with Crippen LogP contribution in [0.4, 0.5) is 25.8 Å². The molecule has 0 spiro atoms. The molecule has 9 nitrogen and oxygen atoms in total. The highest BCUT2D eigenvalue weighted by molar-refractivity contribution is 5.82. The van der Waals surface area contributed by atoms with Crippen LogP contribution >= 0.6 is 0 Å². The summed E-state index contributed by atoms with van der Waals surface area (Å²) < 4.78 is 30.6. The molecule has 2 aromatic carbocycles. The summed E-state index contributed by atoms with van der Waals surface area (Å²) in [5, 5.41) is 7.01. The van der Waals surface area contributed by atoms with Crippen LogP contribution in [0.2, 0.25) is 0 Å². The molecule has 0 N–H and O–H groups in total. The van der Waals surface area contributed by atoms with Crippen molar-refractivity contribution in [2.45, 2.75) is 51.4 Å². The largest absolute Gasteiger partial charge is 0.415 e. The molecule has 2 bridgehead atoms. The van der Waals surface area contributed by atoms with Gasteiger partial charge in [0.2, 0.25) is 5.89 Å². The van der Waals surface area contributed by atoms with Gasteiger partial charge in [-0.15, -0.1) is 10.2 Å². The van der Waals surface area contributed by atoms with Crippen LogP contribution in [-0.4, -0.2) is 51.3 Å². The van der Waals surface area contributed by atoms with Gasteiger partial charge in [-0.2, -0.15) is 8.78 Å². The maximum atomic E-state index is 13.0. The molecule has 38 heavy (non-hydrogen) atoms. The van der Waals surface area contributed by atoms with Crippen molar-refractivity contribution in [3.05, 3.63) is 80.7 Å². The normalized spacial score (nSPS) is 19.4. The Morgan fingerprint density at radius 3 is 2.42 bits per heavy atom. The summed E-state index contributed by atoms with van der Waals surface area (Å²) >= 11 is 0. The van der Waals surface area contributed by atoms with Crippen molar-refractivity contribution in [2.75, 3.05) is 22.9 Å². The van der Waals surface area contributed by atoms with Gasteiger partial charge in [-0.3, -0.25) is 19.5 Å². The van der Waals surface area contributed by atoms with Gasteiger partial charge in [-0.1, -0.05) is 18.2 Å². The first-order valence-electron chi connectivity index (χ1n) is 12.6. The molecule has 196 valence electrons. The summed E-state index contributed by atoms with van der Waals surface area (Å²) in [4.78, 5) is 36.8. The third-order valence-corrected chi connectivity index (χ3v) is 7.45. The van der Waals surface area contributed by atoms with Crippen molar-refractivity contribution in [1.29, 1.82) is 0 Å². The van der Waals surface area contributed by atoms with Crippen LogP contribution in [0, 0.1) is 0 Å². The summed E-state index contributed by atoms with van der Waals surface area (Å²) in [5.74, 6) is -0.803. The highest BCUT2D eigenvalue weighted by atomic mass is 19.3. The molecule has 2 aliphatic heterocycles. The Labute approximate surface area is 217 Å². The molecule has 6 rings (SSSR count). The van der Waals surface area contributed by atoms with E-state index in [1.165, 1.54) is 6.20 Å². The Morgan fingerprint density at radius 2 is 1.82 bits per heavy atom. The van der Waals surface area contributed by atoms with E-state index in [1.54, 1.807) is 12.1 Å². The van der Waals surface area contributed by atoms with Crippen LogP contribution in [0.3, 0.4) is 0 Å². The average molecular weight is 521 g/mol. The lowest BCUT2D eigenvalue weighted by atomic mass is 10.1. The van der Waals surface area contributed by atoms with E-state index in [9.17, 15) is 18.4 Å². The fourth-order valence-electron chi connectivity index (χ4n) is 5.64. The van der Waals surface area contributed by atoms with Crippen molar-refractivity contribution >= 4 is 17.1 Å². The van der Waals surface area contributed by atoms with E-state index in [0.29, 0.717) is 34.7 Å². The van der Waals surface area contributed by atoms with Gasteiger partial charge in [0, 0.05) is 43.1 Å². The monoisotopic (exact) mass is 520 g/mol. The number of hydrogen-bond donors (Lipinski definition) is 0. The Bertz CT molecular complexity index is 1510. The number of piperazine rings is 1. The average Bonchev–Trinajstić information content (AvgIpc) is 3.67. The predicted octanol–water partition coefficient (Wildman–Crippen LogP) is 3.67. The molecule has 0 aliphatic carbocycles. The zero-order valence-electron chi connectivity index (χ0n) is 20.9. The number of pyridine rings is 1. The summed E-state index contributed by atoms with van der Waals surface area (Å²) in [6.45, 7) is 6.19. The lowest BCUT2D eigenvalue weighted by Crippen LogP contribution is -2.53. The fourth-order valence-corrected chi connectivity index (χ4v) is 5.64. The first-order valence-corrected chi connectivity index (χ1v) is 12.6. The summed E-state index contributed by atoms with van der Waals surface area (Å²) in [6.07, 6.45) is -0.412. The molecule has 0 amide bonds. The Kier molecular flexibility index (Phi) is 6.02. The van der Waals surface area contributed by atoms with E-state index in [2.05, 4.69) is 38.8 Å². The molecule has 2 aliphatic rings. The van der Waals surface area contributed by atoms with Crippen molar-refractivity contribution in [2.24, 2.45) is 0 Å². The molecule has 2 aromatic heterocycles. The molecule has 4 heterocycles. The number of anilines is 3. The smallest absolute Gasteiger partial charge is 0.314 e. The van der Waals surface area contributed by atoms with Crippen molar-refractivity contribution in [3.63, 3.8) is 0 Å². The van der Waals surface area contributed by atoms with Crippen molar-refractivity contribution < 1.29 is 13.2 Å². The van der Waals surface area contributed by atoms with Gasteiger partial charge in [0.25, 0.3) is 16.7 Å². The maximum Gasteiger partial charge on any atom is 0.314 e. The fraction of sp³-hybridized carbons (Fsp3) is 0.370. The van der Waals surface area contributed by atoms with Gasteiger partial charge < -0.3 is 14.2 Å². The van der Waals surface area contributed by atoms with E-state index >= 15 is 0 Å². The first-order chi connectivity index (χ1) is 18.3. The molecule has 2 saturated heterocycles. The molecule has 2 fully saturated rings. The van der Waals surface area contributed by atoms with E-state index in [-0.39, 0.29) is 18.5 Å². The third kappa shape index (κ3) is 4.07. The standard InChI is InChI=1S/C27H26F2N6O3/c1-15(2)33-13-20-10-19(33)14-35(20)22-21(23(36)24(22)37)34(18-6-4-3-5-7-18)12-17-9-8-16(11-30-17)26-31-32-27(38-26)25(28)29/h3-9,11,15,19-20,25H,10,12-14H2,1-2H3/t19-,20-/m0/s1. The Morgan fingerprint density at radius 1 is 1.03 bits per heavy atom. The number of rotatable bonds is 8. The van der Waals surface area contributed by atoms with Crippen LogP contribution in [-0.2, 0) is 6.54 Å². The second-order valence-electron chi connectivity index (χ2n) is 10.0. The second-order valence-corrected chi connectivity index (χ2v) is 10.0. The van der Waals surface area contributed by atoms with Crippen LogP contribution in [0.5, 0.6) is 0 Å².